The van der Waals surface area contributed by atoms with Crippen molar-refractivity contribution in [3.05, 3.63) is 35.5 Å². The van der Waals surface area contributed by atoms with Crippen LogP contribution in [0.1, 0.15) is 17.4 Å². The number of esters is 1. The molecule has 3 rings (SSSR count). The molecule has 3 N–H and O–H groups in total. The molecule has 0 aliphatic heterocycles. The number of H-pyrrole nitrogens is 1. The van der Waals surface area contributed by atoms with E-state index in [2.05, 4.69) is 25.8 Å². The molecule has 0 radical (unpaired) electrons. The molecule has 0 bridgehead atoms. The number of ether oxygens (including phenoxy) is 1. The first-order valence-electron chi connectivity index (χ1n) is 7.26. The minimum Gasteiger partial charge on any atom is -0.461 e. The normalized spacial score (nSPS) is 10.5. The third-order valence-electron chi connectivity index (χ3n) is 3.21. The van der Waals surface area contributed by atoms with Crippen LogP contribution in [0.5, 0.6) is 0 Å². The van der Waals surface area contributed by atoms with Crippen LogP contribution in [0.25, 0.3) is 10.9 Å². The SMILES string of the molecule is CCOC(=O)c1[nH]c2ccccc2c1NC(=O)CNc1nncs1. The molecule has 0 aliphatic carbocycles. The highest BCUT2D eigenvalue weighted by atomic mass is 32.1. The number of anilines is 2. The average Bonchev–Trinajstić information content (AvgIpc) is 3.21. The van der Waals surface area contributed by atoms with Crippen molar-refractivity contribution >= 4 is 44.9 Å². The monoisotopic (exact) mass is 345 g/mol. The fourth-order valence-electron chi connectivity index (χ4n) is 2.22. The highest BCUT2D eigenvalue weighted by Gasteiger charge is 2.20. The Kier molecular flexibility index (Phi) is 4.71. The van der Waals surface area contributed by atoms with Gasteiger partial charge in [0.05, 0.1) is 18.8 Å². The predicted molar refractivity (Wildman–Crippen MR) is 91.3 cm³/mol. The highest BCUT2D eigenvalue weighted by molar-refractivity contribution is 7.13. The van der Waals surface area contributed by atoms with Crippen molar-refractivity contribution in [2.45, 2.75) is 6.92 Å². The number of rotatable bonds is 6. The van der Waals surface area contributed by atoms with Crippen LogP contribution < -0.4 is 10.6 Å². The number of para-hydroxylation sites is 1. The molecule has 0 aliphatic rings. The standard InChI is InChI=1S/C15H15N5O3S/c1-2-23-14(22)13-12(9-5-3-4-6-10(9)18-13)19-11(21)7-16-15-20-17-8-24-15/h3-6,8,18H,2,7H2,1H3,(H,16,20)(H,19,21). The maximum atomic E-state index is 12.2. The zero-order valence-corrected chi connectivity index (χ0v) is 13.6. The van der Waals surface area contributed by atoms with E-state index in [4.69, 9.17) is 4.74 Å². The number of benzene rings is 1. The summed E-state index contributed by atoms with van der Waals surface area (Å²) in [6, 6.07) is 7.33. The smallest absolute Gasteiger partial charge is 0.356 e. The first-order chi connectivity index (χ1) is 11.7. The van der Waals surface area contributed by atoms with Crippen molar-refractivity contribution < 1.29 is 14.3 Å². The van der Waals surface area contributed by atoms with Gasteiger partial charge in [0, 0.05) is 10.9 Å². The molecule has 1 amide bonds. The molecule has 0 saturated heterocycles. The van der Waals surface area contributed by atoms with Gasteiger partial charge in [0.15, 0.2) is 0 Å². The van der Waals surface area contributed by atoms with Crippen LogP contribution in [0, 0.1) is 0 Å². The lowest BCUT2D eigenvalue weighted by Crippen LogP contribution is -2.23. The molecule has 0 unspecified atom stereocenters. The number of hydrogen-bond acceptors (Lipinski definition) is 7. The number of carbonyl (C=O) groups excluding carboxylic acids is 2. The number of aromatic nitrogens is 3. The van der Waals surface area contributed by atoms with Gasteiger partial charge < -0.3 is 20.4 Å². The van der Waals surface area contributed by atoms with Crippen LogP contribution >= 0.6 is 11.3 Å². The molecule has 24 heavy (non-hydrogen) atoms. The molecule has 124 valence electrons. The lowest BCUT2D eigenvalue weighted by molar-refractivity contribution is -0.114. The Hall–Kier alpha value is -2.94. The van der Waals surface area contributed by atoms with E-state index in [9.17, 15) is 9.59 Å². The second kappa shape index (κ2) is 7.09. The molecule has 9 heteroatoms. The first kappa shape index (κ1) is 15.9. The van der Waals surface area contributed by atoms with Gasteiger partial charge in [0.2, 0.25) is 11.0 Å². The van der Waals surface area contributed by atoms with Gasteiger partial charge >= 0.3 is 5.97 Å². The van der Waals surface area contributed by atoms with Crippen LogP contribution in [0.4, 0.5) is 10.8 Å². The average molecular weight is 345 g/mol. The summed E-state index contributed by atoms with van der Waals surface area (Å²) in [6.45, 7) is 1.99. The quantitative estimate of drug-likeness (QED) is 0.591. The van der Waals surface area contributed by atoms with Gasteiger partial charge in [-0.15, -0.1) is 10.2 Å². The molecule has 8 nitrogen and oxygen atoms in total. The lowest BCUT2D eigenvalue weighted by Gasteiger charge is -2.07. The molecule has 2 aromatic heterocycles. The summed E-state index contributed by atoms with van der Waals surface area (Å²) < 4.78 is 5.04. The van der Waals surface area contributed by atoms with E-state index in [0.717, 1.165) is 10.9 Å². The van der Waals surface area contributed by atoms with Gasteiger partial charge in [-0.2, -0.15) is 0 Å². The Bertz CT molecular complexity index is 859. The number of nitrogens with one attached hydrogen (secondary N) is 3. The number of fused-ring (bicyclic) bond motifs is 1. The number of carbonyl (C=O) groups is 2. The summed E-state index contributed by atoms with van der Waals surface area (Å²) in [4.78, 5) is 27.3. The number of aromatic amines is 1. The Morgan fingerprint density at radius 2 is 2.17 bits per heavy atom. The number of amides is 1. The second-order valence-electron chi connectivity index (χ2n) is 4.79. The fraction of sp³-hybridized carbons (Fsp3) is 0.200. The largest absolute Gasteiger partial charge is 0.461 e. The third kappa shape index (κ3) is 3.35. The topological polar surface area (TPSA) is 109 Å². The van der Waals surface area contributed by atoms with Gasteiger partial charge in [0.1, 0.15) is 11.2 Å². The molecular weight excluding hydrogens is 330 g/mol. The number of hydrogen-bond donors (Lipinski definition) is 3. The first-order valence-corrected chi connectivity index (χ1v) is 8.14. The Morgan fingerprint density at radius 3 is 2.92 bits per heavy atom. The van der Waals surface area contributed by atoms with E-state index in [1.54, 1.807) is 12.4 Å². The van der Waals surface area contributed by atoms with E-state index in [1.165, 1.54) is 11.3 Å². The summed E-state index contributed by atoms with van der Waals surface area (Å²) >= 11 is 1.30. The number of nitrogens with zero attached hydrogens (tertiary/aromatic N) is 2. The van der Waals surface area contributed by atoms with Crippen LogP contribution in [0.15, 0.2) is 29.8 Å². The zero-order valence-electron chi connectivity index (χ0n) is 12.8. The van der Waals surface area contributed by atoms with E-state index in [-0.39, 0.29) is 24.8 Å². The van der Waals surface area contributed by atoms with E-state index in [0.29, 0.717) is 10.8 Å². The van der Waals surface area contributed by atoms with Gasteiger partial charge in [-0.05, 0) is 13.0 Å². The van der Waals surface area contributed by atoms with E-state index < -0.39 is 5.97 Å². The van der Waals surface area contributed by atoms with Gasteiger partial charge in [0.25, 0.3) is 0 Å². The van der Waals surface area contributed by atoms with Crippen LogP contribution in [-0.2, 0) is 9.53 Å². The molecule has 2 heterocycles. The van der Waals surface area contributed by atoms with Crippen LogP contribution in [0.2, 0.25) is 0 Å². The van der Waals surface area contributed by atoms with E-state index in [1.807, 2.05) is 24.3 Å². The summed E-state index contributed by atoms with van der Waals surface area (Å²) in [6.07, 6.45) is 0. The summed E-state index contributed by atoms with van der Waals surface area (Å²) in [5.41, 5.74) is 2.95. The lowest BCUT2D eigenvalue weighted by atomic mass is 10.2. The molecule has 1 aromatic carbocycles. The summed E-state index contributed by atoms with van der Waals surface area (Å²) in [5.74, 6) is -0.818. The fourth-order valence-corrected chi connectivity index (χ4v) is 2.66. The maximum Gasteiger partial charge on any atom is 0.356 e. The van der Waals surface area contributed by atoms with Gasteiger partial charge in [-0.3, -0.25) is 4.79 Å². The highest BCUT2D eigenvalue weighted by Crippen LogP contribution is 2.28. The predicted octanol–water partition coefficient (Wildman–Crippen LogP) is 2.25. The molecule has 0 spiro atoms. The molecular formula is C15H15N5O3S. The van der Waals surface area contributed by atoms with Crippen molar-refractivity contribution in [3.8, 4) is 0 Å². The summed E-state index contributed by atoms with van der Waals surface area (Å²) in [5, 5.41) is 14.4. The third-order valence-corrected chi connectivity index (χ3v) is 3.86. The summed E-state index contributed by atoms with van der Waals surface area (Å²) in [7, 11) is 0. The second-order valence-corrected chi connectivity index (χ2v) is 5.62. The van der Waals surface area contributed by atoms with Crippen molar-refractivity contribution in [3.63, 3.8) is 0 Å². The van der Waals surface area contributed by atoms with Gasteiger partial charge in [-0.25, -0.2) is 4.79 Å². The maximum absolute atomic E-state index is 12.2. The molecule has 0 atom stereocenters. The van der Waals surface area contributed by atoms with Gasteiger partial charge in [-0.1, -0.05) is 29.5 Å². The molecule has 0 saturated carbocycles. The van der Waals surface area contributed by atoms with Crippen molar-refractivity contribution in [2.75, 3.05) is 23.8 Å². The molecule has 3 aromatic rings. The minimum atomic E-state index is -0.513. The van der Waals surface area contributed by atoms with Crippen molar-refractivity contribution in [1.82, 2.24) is 15.2 Å². The van der Waals surface area contributed by atoms with Crippen molar-refractivity contribution in [2.24, 2.45) is 0 Å². The van der Waals surface area contributed by atoms with E-state index >= 15 is 0 Å². The Balaban J connectivity index is 1.82. The minimum absolute atomic E-state index is 0.0109. The van der Waals surface area contributed by atoms with Crippen LogP contribution in [-0.4, -0.2) is 40.2 Å². The Morgan fingerprint density at radius 1 is 1.33 bits per heavy atom. The zero-order chi connectivity index (χ0) is 16.9. The molecule has 0 fully saturated rings. The van der Waals surface area contributed by atoms with Crippen LogP contribution in [0.3, 0.4) is 0 Å². The van der Waals surface area contributed by atoms with Crippen molar-refractivity contribution in [1.29, 1.82) is 0 Å². The Labute approximate surface area is 141 Å².